The molecule has 0 aromatic carbocycles. The third-order valence-electron chi connectivity index (χ3n) is 2.04. The summed E-state index contributed by atoms with van der Waals surface area (Å²) in [5.41, 5.74) is -0.451. The van der Waals surface area contributed by atoms with E-state index in [1.165, 1.54) is 0 Å². The minimum absolute atomic E-state index is 0. The molecule has 0 saturated carbocycles. The summed E-state index contributed by atoms with van der Waals surface area (Å²) in [6, 6.07) is 0. The van der Waals surface area contributed by atoms with E-state index >= 15 is 0 Å². The highest BCUT2D eigenvalue weighted by Gasteiger charge is 2.24. The lowest BCUT2D eigenvalue weighted by atomic mass is 9.92. The highest BCUT2D eigenvalue weighted by Crippen LogP contribution is 2.19. The van der Waals surface area contributed by atoms with Gasteiger partial charge < -0.3 is 10.0 Å². The van der Waals surface area contributed by atoms with Crippen LogP contribution in [0.15, 0.2) is 0 Å². The summed E-state index contributed by atoms with van der Waals surface area (Å²) in [6.07, 6.45) is 3.95. The highest BCUT2D eigenvalue weighted by molar-refractivity contribution is 5.85. The van der Waals surface area contributed by atoms with Crippen LogP contribution in [0.5, 0.6) is 0 Å². The molecule has 0 aromatic rings. The SMILES string of the molecule is CCCC(O)(CCC)CN(C)C.Cl. The van der Waals surface area contributed by atoms with Crippen LogP contribution in [0.2, 0.25) is 0 Å². The lowest BCUT2D eigenvalue weighted by Gasteiger charge is -2.30. The molecule has 0 aliphatic heterocycles. The third kappa shape index (κ3) is 7.29. The molecule has 0 saturated heterocycles. The van der Waals surface area contributed by atoms with Gasteiger partial charge in [0, 0.05) is 6.54 Å². The number of aliphatic hydroxyl groups is 1. The monoisotopic (exact) mass is 209 g/mol. The largest absolute Gasteiger partial charge is 0.389 e. The molecule has 13 heavy (non-hydrogen) atoms. The Bertz CT molecular complexity index is 111. The number of hydrogen-bond donors (Lipinski definition) is 1. The van der Waals surface area contributed by atoms with Crippen LogP contribution >= 0.6 is 12.4 Å². The lowest BCUT2D eigenvalue weighted by molar-refractivity contribution is -0.000996. The van der Waals surface area contributed by atoms with E-state index in [1.54, 1.807) is 0 Å². The summed E-state index contributed by atoms with van der Waals surface area (Å²) in [7, 11) is 4.02. The van der Waals surface area contributed by atoms with Crippen LogP contribution < -0.4 is 0 Å². The summed E-state index contributed by atoms with van der Waals surface area (Å²) < 4.78 is 0. The first-order valence-electron chi connectivity index (χ1n) is 4.91. The van der Waals surface area contributed by atoms with E-state index in [4.69, 9.17) is 0 Å². The molecule has 0 fully saturated rings. The van der Waals surface area contributed by atoms with Gasteiger partial charge in [0.1, 0.15) is 0 Å². The molecule has 0 radical (unpaired) electrons. The molecule has 2 nitrogen and oxygen atoms in total. The van der Waals surface area contributed by atoms with Crippen molar-refractivity contribution >= 4 is 12.4 Å². The van der Waals surface area contributed by atoms with Gasteiger partial charge in [-0.25, -0.2) is 0 Å². The van der Waals surface area contributed by atoms with Crippen molar-refractivity contribution in [2.75, 3.05) is 20.6 Å². The Balaban J connectivity index is 0. The molecular weight excluding hydrogens is 186 g/mol. The molecule has 1 N–H and O–H groups in total. The van der Waals surface area contributed by atoms with E-state index in [0.717, 1.165) is 32.2 Å². The van der Waals surface area contributed by atoms with Gasteiger partial charge in [-0.2, -0.15) is 0 Å². The molecule has 0 unspecified atom stereocenters. The van der Waals surface area contributed by atoms with Crippen LogP contribution in [-0.4, -0.2) is 36.2 Å². The summed E-state index contributed by atoms with van der Waals surface area (Å²) in [6.45, 7) is 5.03. The summed E-state index contributed by atoms with van der Waals surface area (Å²) in [4.78, 5) is 2.06. The Morgan fingerprint density at radius 1 is 1.08 bits per heavy atom. The Kier molecular flexibility index (Phi) is 9.16. The van der Waals surface area contributed by atoms with E-state index in [0.29, 0.717) is 0 Å². The molecule has 3 heteroatoms. The maximum absolute atomic E-state index is 10.1. The lowest BCUT2D eigenvalue weighted by Crippen LogP contribution is -2.39. The molecular formula is C10H24ClNO. The minimum Gasteiger partial charge on any atom is -0.389 e. The Labute approximate surface area is 88.7 Å². The van der Waals surface area contributed by atoms with Crippen LogP contribution in [0.25, 0.3) is 0 Å². The van der Waals surface area contributed by atoms with Crippen molar-refractivity contribution in [2.24, 2.45) is 0 Å². The fourth-order valence-corrected chi connectivity index (χ4v) is 1.80. The quantitative estimate of drug-likeness (QED) is 0.726. The molecule has 0 aliphatic carbocycles. The number of halogens is 1. The molecule has 0 atom stereocenters. The average molecular weight is 210 g/mol. The number of rotatable bonds is 6. The van der Waals surface area contributed by atoms with Crippen LogP contribution in [-0.2, 0) is 0 Å². The van der Waals surface area contributed by atoms with Crippen molar-refractivity contribution in [2.45, 2.75) is 45.1 Å². The van der Waals surface area contributed by atoms with Gasteiger partial charge in [-0.3, -0.25) is 0 Å². The van der Waals surface area contributed by atoms with Crippen molar-refractivity contribution < 1.29 is 5.11 Å². The van der Waals surface area contributed by atoms with E-state index in [9.17, 15) is 5.11 Å². The van der Waals surface area contributed by atoms with E-state index < -0.39 is 5.60 Å². The second kappa shape index (κ2) is 7.60. The van der Waals surface area contributed by atoms with Gasteiger partial charge in [0.05, 0.1) is 5.60 Å². The zero-order valence-corrected chi connectivity index (χ0v) is 10.2. The predicted octanol–water partition coefficient (Wildman–Crippen LogP) is 2.30. The van der Waals surface area contributed by atoms with Crippen molar-refractivity contribution in [3.05, 3.63) is 0 Å². The fraction of sp³-hybridized carbons (Fsp3) is 1.00. The first-order chi connectivity index (χ1) is 5.54. The van der Waals surface area contributed by atoms with Gasteiger partial charge in [0.2, 0.25) is 0 Å². The number of hydrogen-bond acceptors (Lipinski definition) is 2. The maximum Gasteiger partial charge on any atom is 0.0773 e. The first kappa shape index (κ1) is 15.7. The van der Waals surface area contributed by atoms with Gasteiger partial charge in [-0.15, -0.1) is 12.4 Å². The second-order valence-electron chi connectivity index (χ2n) is 3.96. The second-order valence-corrected chi connectivity index (χ2v) is 3.96. The van der Waals surface area contributed by atoms with E-state index in [-0.39, 0.29) is 12.4 Å². The fourth-order valence-electron chi connectivity index (χ4n) is 1.80. The summed E-state index contributed by atoms with van der Waals surface area (Å²) in [5, 5.41) is 10.1. The van der Waals surface area contributed by atoms with Crippen LogP contribution in [0.1, 0.15) is 39.5 Å². The third-order valence-corrected chi connectivity index (χ3v) is 2.04. The van der Waals surface area contributed by atoms with Gasteiger partial charge in [0.15, 0.2) is 0 Å². The maximum atomic E-state index is 10.1. The topological polar surface area (TPSA) is 23.5 Å². The predicted molar refractivity (Wildman–Crippen MR) is 60.6 cm³/mol. The van der Waals surface area contributed by atoms with Crippen molar-refractivity contribution in [1.82, 2.24) is 4.90 Å². The minimum atomic E-state index is -0.451. The number of likely N-dealkylation sites (N-methyl/N-ethyl adjacent to an activating group) is 1. The van der Waals surface area contributed by atoms with Crippen molar-refractivity contribution in [1.29, 1.82) is 0 Å². The highest BCUT2D eigenvalue weighted by atomic mass is 35.5. The molecule has 0 heterocycles. The zero-order valence-electron chi connectivity index (χ0n) is 9.34. The number of nitrogens with zero attached hydrogens (tertiary/aromatic N) is 1. The van der Waals surface area contributed by atoms with Crippen molar-refractivity contribution in [3.63, 3.8) is 0 Å². The van der Waals surface area contributed by atoms with Crippen LogP contribution in [0.4, 0.5) is 0 Å². The molecule has 0 aliphatic rings. The summed E-state index contributed by atoms with van der Waals surface area (Å²) >= 11 is 0. The van der Waals surface area contributed by atoms with Gasteiger partial charge in [-0.05, 0) is 26.9 Å². The average Bonchev–Trinajstić information content (AvgIpc) is 1.85. The first-order valence-corrected chi connectivity index (χ1v) is 4.91. The normalized spacial score (nSPS) is 11.5. The Hall–Kier alpha value is 0.210. The van der Waals surface area contributed by atoms with Crippen LogP contribution in [0, 0.1) is 0 Å². The zero-order chi connectivity index (χ0) is 9.61. The molecule has 0 bridgehead atoms. The molecule has 82 valence electrons. The van der Waals surface area contributed by atoms with Gasteiger partial charge >= 0.3 is 0 Å². The molecule has 0 aromatic heterocycles. The smallest absolute Gasteiger partial charge is 0.0773 e. The molecule has 0 spiro atoms. The van der Waals surface area contributed by atoms with Gasteiger partial charge in [-0.1, -0.05) is 26.7 Å². The Morgan fingerprint density at radius 2 is 1.46 bits per heavy atom. The van der Waals surface area contributed by atoms with E-state index in [1.807, 2.05) is 14.1 Å². The summed E-state index contributed by atoms with van der Waals surface area (Å²) in [5.74, 6) is 0. The molecule has 0 amide bonds. The van der Waals surface area contributed by atoms with Gasteiger partial charge in [0.25, 0.3) is 0 Å². The van der Waals surface area contributed by atoms with Crippen LogP contribution in [0.3, 0.4) is 0 Å². The molecule has 0 rings (SSSR count). The Morgan fingerprint density at radius 3 is 1.69 bits per heavy atom. The van der Waals surface area contributed by atoms with E-state index in [2.05, 4.69) is 18.7 Å². The standard InChI is InChI=1S/C10H23NO.ClH/c1-5-7-10(12,8-6-2)9-11(3)4;/h12H,5-9H2,1-4H3;1H. The van der Waals surface area contributed by atoms with Crippen molar-refractivity contribution in [3.8, 4) is 0 Å².